The highest BCUT2D eigenvalue weighted by atomic mass is 19.4. The first kappa shape index (κ1) is 15.6. The number of nitrogens with zero attached hydrogens (tertiary/aromatic N) is 2. The van der Waals surface area contributed by atoms with Crippen molar-refractivity contribution in [1.29, 1.82) is 5.26 Å². The second kappa shape index (κ2) is 6.76. The van der Waals surface area contributed by atoms with E-state index in [-0.39, 0.29) is 12.2 Å². The molecule has 0 fully saturated rings. The number of rotatable bonds is 4. The SMILES string of the molecule is N#Cc1cccc(CO/N=[C]\c2ccccc2C(F)(F)F)c1. The number of hydrogen-bond acceptors (Lipinski definition) is 3. The number of halogens is 3. The second-order valence-corrected chi connectivity index (χ2v) is 4.33. The van der Waals surface area contributed by atoms with Crippen LogP contribution < -0.4 is 0 Å². The van der Waals surface area contributed by atoms with Crippen LogP contribution in [0.3, 0.4) is 0 Å². The van der Waals surface area contributed by atoms with Crippen LogP contribution in [-0.2, 0) is 17.6 Å². The highest BCUT2D eigenvalue weighted by Gasteiger charge is 2.32. The van der Waals surface area contributed by atoms with Crippen molar-refractivity contribution in [1.82, 2.24) is 0 Å². The van der Waals surface area contributed by atoms with Gasteiger partial charge in [0.1, 0.15) is 12.8 Å². The number of benzene rings is 2. The molecule has 0 aliphatic heterocycles. The summed E-state index contributed by atoms with van der Waals surface area (Å²) >= 11 is 0. The molecular formula is C16H10F3N2O. The van der Waals surface area contributed by atoms with Crippen molar-refractivity contribution in [2.24, 2.45) is 5.16 Å². The summed E-state index contributed by atoms with van der Waals surface area (Å²) in [6, 6.07) is 13.6. The van der Waals surface area contributed by atoms with Gasteiger partial charge in [-0.25, -0.2) is 0 Å². The molecule has 0 unspecified atom stereocenters. The van der Waals surface area contributed by atoms with Gasteiger partial charge < -0.3 is 4.84 Å². The smallest absolute Gasteiger partial charge is 0.390 e. The van der Waals surface area contributed by atoms with Crippen molar-refractivity contribution in [3.05, 3.63) is 70.8 Å². The maximum absolute atomic E-state index is 12.8. The van der Waals surface area contributed by atoms with E-state index in [1.807, 2.05) is 6.07 Å². The van der Waals surface area contributed by atoms with Crippen LogP contribution in [0.2, 0.25) is 0 Å². The summed E-state index contributed by atoms with van der Waals surface area (Å²) in [4.78, 5) is 4.93. The minimum absolute atomic E-state index is 0.0384. The first-order chi connectivity index (χ1) is 10.5. The third kappa shape index (κ3) is 4.09. The Hall–Kier alpha value is -2.81. The summed E-state index contributed by atoms with van der Waals surface area (Å²) in [6.07, 6.45) is -2.24. The summed E-state index contributed by atoms with van der Waals surface area (Å²) in [7, 11) is 0. The predicted octanol–water partition coefficient (Wildman–Crippen LogP) is 4.00. The van der Waals surface area contributed by atoms with Gasteiger partial charge in [-0.15, -0.1) is 0 Å². The molecule has 111 valence electrons. The maximum atomic E-state index is 12.8. The lowest BCUT2D eigenvalue weighted by Gasteiger charge is -2.08. The standard InChI is InChI=1S/C16H10F3N2O/c17-16(18,19)15-7-2-1-6-14(15)10-21-22-11-13-5-3-4-12(8-13)9-20/h1-8H,11H2. The zero-order chi connectivity index (χ0) is 16.0. The van der Waals surface area contributed by atoms with Gasteiger partial charge in [0.15, 0.2) is 0 Å². The Kier molecular flexibility index (Phi) is 4.79. The Labute approximate surface area is 125 Å². The van der Waals surface area contributed by atoms with Crippen molar-refractivity contribution < 1.29 is 18.0 Å². The normalized spacial score (nSPS) is 11.4. The van der Waals surface area contributed by atoms with Crippen LogP contribution in [-0.4, -0.2) is 6.21 Å². The van der Waals surface area contributed by atoms with Gasteiger partial charge in [0, 0.05) is 5.56 Å². The van der Waals surface area contributed by atoms with Crippen molar-refractivity contribution >= 4 is 6.21 Å². The Morgan fingerprint density at radius 2 is 1.86 bits per heavy atom. The molecule has 0 spiro atoms. The van der Waals surface area contributed by atoms with Crippen LogP contribution in [0.1, 0.15) is 22.3 Å². The van der Waals surface area contributed by atoms with E-state index in [9.17, 15) is 13.2 Å². The zero-order valence-corrected chi connectivity index (χ0v) is 11.3. The molecule has 0 atom stereocenters. The first-order valence-corrected chi connectivity index (χ1v) is 6.24. The second-order valence-electron chi connectivity index (χ2n) is 4.33. The highest BCUT2D eigenvalue weighted by molar-refractivity contribution is 5.81. The van der Waals surface area contributed by atoms with Gasteiger partial charge in [-0.2, -0.15) is 18.4 Å². The quantitative estimate of drug-likeness (QED) is 0.633. The van der Waals surface area contributed by atoms with Gasteiger partial charge in [0.2, 0.25) is 0 Å². The predicted molar refractivity (Wildman–Crippen MR) is 73.9 cm³/mol. The monoisotopic (exact) mass is 303 g/mol. The van der Waals surface area contributed by atoms with Crippen LogP contribution in [0.5, 0.6) is 0 Å². The van der Waals surface area contributed by atoms with E-state index >= 15 is 0 Å². The van der Waals surface area contributed by atoms with E-state index in [2.05, 4.69) is 11.4 Å². The fraction of sp³-hybridized carbons (Fsp3) is 0.125. The zero-order valence-electron chi connectivity index (χ0n) is 11.3. The summed E-state index contributed by atoms with van der Waals surface area (Å²) < 4.78 is 38.3. The molecular weight excluding hydrogens is 293 g/mol. The fourth-order valence-electron chi connectivity index (χ4n) is 1.75. The topological polar surface area (TPSA) is 45.4 Å². The van der Waals surface area contributed by atoms with E-state index in [1.54, 1.807) is 24.3 Å². The van der Waals surface area contributed by atoms with E-state index in [4.69, 9.17) is 10.1 Å². The molecule has 2 rings (SSSR count). The molecule has 2 aromatic rings. The minimum Gasteiger partial charge on any atom is -0.390 e. The third-order valence-electron chi connectivity index (χ3n) is 2.75. The Morgan fingerprint density at radius 1 is 1.09 bits per heavy atom. The molecule has 0 saturated heterocycles. The minimum atomic E-state index is -4.47. The van der Waals surface area contributed by atoms with Crippen molar-refractivity contribution in [2.45, 2.75) is 12.8 Å². The van der Waals surface area contributed by atoms with E-state index in [0.29, 0.717) is 11.1 Å². The Bertz CT molecular complexity index is 718. The Morgan fingerprint density at radius 3 is 2.59 bits per heavy atom. The third-order valence-corrected chi connectivity index (χ3v) is 2.75. The summed E-state index contributed by atoms with van der Waals surface area (Å²) in [5.41, 5.74) is 0.139. The van der Waals surface area contributed by atoms with Gasteiger partial charge in [-0.3, -0.25) is 0 Å². The van der Waals surface area contributed by atoms with Gasteiger partial charge >= 0.3 is 6.18 Å². The number of alkyl halides is 3. The molecule has 6 heteroatoms. The largest absolute Gasteiger partial charge is 0.417 e. The van der Waals surface area contributed by atoms with Crippen LogP contribution in [0.15, 0.2) is 53.7 Å². The van der Waals surface area contributed by atoms with Crippen molar-refractivity contribution in [3.63, 3.8) is 0 Å². The van der Waals surface area contributed by atoms with Crippen molar-refractivity contribution in [3.8, 4) is 6.07 Å². The Balaban J connectivity index is 2.03. The van der Waals surface area contributed by atoms with Gasteiger partial charge in [0.05, 0.1) is 17.2 Å². The maximum Gasteiger partial charge on any atom is 0.417 e. The molecule has 0 saturated carbocycles. The molecule has 0 aromatic heterocycles. The summed E-state index contributed by atoms with van der Waals surface area (Å²) in [6.45, 7) is 0.0384. The molecule has 22 heavy (non-hydrogen) atoms. The van der Waals surface area contributed by atoms with Crippen molar-refractivity contribution in [2.75, 3.05) is 0 Å². The molecule has 0 heterocycles. The molecule has 0 amide bonds. The van der Waals surface area contributed by atoms with Gasteiger partial charge in [-0.1, -0.05) is 35.5 Å². The van der Waals surface area contributed by atoms with Gasteiger partial charge in [-0.05, 0) is 23.8 Å². The summed E-state index contributed by atoms with van der Waals surface area (Å²) in [5, 5.41) is 12.2. The van der Waals surface area contributed by atoms with E-state index in [0.717, 1.165) is 6.07 Å². The lowest BCUT2D eigenvalue weighted by atomic mass is 10.1. The number of nitriles is 1. The van der Waals surface area contributed by atoms with Crippen LogP contribution >= 0.6 is 0 Å². The molecule has 1 radical (unpaired) electrons. The van der Waals surface area contributed by atoms with E-state index < -0.39 is 11.7 Å². The summed E-state index contributed by atoms with van der Waals surface area (Å²) in [5.74, 6) is 0. The molecule has 0 bridgehead atoms. The fourth-order valence-corrected chi connectivity index (χ4v) is 1.75. The lowest BCUT2D eigenvalue weighted by molar-refractivity contribution is -0.137. The molecule has 0 aliphatic carbocycles. The van der Waals surface area contributed by atoms with Gasteiger partial charge in [0.25, 0.3) is 0 Å². The van der Waals surface area contributed by atoms with Crippen LogP contribution in [0.25, 0.3) is 0 Å². The average molecular weight is 303 g/mol. The molecule has 0 N–H and O–H groups in total. The molecule has 2 aromatic carbocycles. The average Bonchev–Trinajstić information content (AvgIpc) is 2.51. The molecule has 0 aliphatic rings. The lowest BCUT2D eigenvalue weighted by Crippen LogP contribution is -2.08. The van der Waals surface area contributed by atoms with Crippen LogP contribution in [0, 0.1) is 11.3 Å². The first-order valence-electron chi connectivity index (χ1n) is 6.24. The molecule has 3 nitrogen and oxygen atoms in total. The number of hydrogen-bond donors (Lipinski definition) is 0. The van der Waals surface area contributed by atoms with E-state index in [1.165, 1.54) is 18.2 Å². The van der Waals surface area contributed by atoms with Crippen LogP contribution in [0.4, 0.5) is 13.2 Å². The highest BCUT2D eigenvalue weighted by Crippen LogP contribution is 2.31.